The summed E-state index contributed by atoms with van der Waals surface area (Å²) in [5, 5.41) is 5.33. The van der Waals surface area contributed by atoms with E-state index in [0.717, 1.165) is 0 Å². The van der Waals surface area contributed by atoms with E-state index in [1.807, 2.05) is 0 Å². The van der Waals surface area contributed by atoms with E-state index >= 15 is 0 Å². The van der Waals surface area contributed by atoms with Crippen LogP contribution in [0.5, 0.6) is 23.0 Å². The van der Waals surface area contributed by atoms with Gasteiger partial charge in [0, 0.05) is 0 Å². The Morgan fingerprint density at radius 3 is 1.69 bits per heavy atom. The fraction of sp³-hybridized carbons (Fsp3) is 0.154. The van der Waals surface area contributed by atoms with Crippen molar-refractivity contribution in [3.8, 4) is 23.0 Å². The number of hydrogen-bond acceptors (Lipinski definition) is 6. The van der Waals surface area contributed by atoms with Crippen LogP contribution in [0.2, 0.25) is 0 Å². The van der Waals surface area contributed by atoms with Crippen LogP contribution in [0, 0.1) is 0 Å². The zero-order valence-electron chi connectivity index (χ0n) is 19.7. The lowest BCUT2D eigenvalue weighted by Gasteiger charge is -2.14. The van der Waals surface area contributed by atoms with Gasteiger partial charge in [0.1, 0.15) is 17.1 Å². The first-order valence-corrected chi connectivity index (χ1v) is 10.6. The second kappa shape index (κ2) is 12.2. The lowest BCUT2D eigenvalue weighted by atomic mass is 10.1. The van der Waals surface area contributed by atoms with Gasteiger partial charge in [0.05, 0.1) is 32.7 Å². The van der Waals surface area contributed by atoms with Crippen molar-refractivity contribution in [1.82, 2.24) is 0 Å². The van der Waals surface area contributed by atoms with E-state index in [0.29, 0.717) is 28.4 Å². The average molecular weight is 498 g/mol. The summed E-state index contributed by atoms with van der Waals surface area (Å²) in [6.07, 6.45) is 1.30. The van der Waals surface area contributed by atoms with Crippen molar-refractivity contribution in [2.75, 3.05) is 32.0 Å². The Labute approximate surface area is 206 Å². The van der Waals surface area contributed by atoms with Gasteiger partial charge in [-0.2, -0.15) is 8.78 Å². The van der Waals surface area contributed by atoms with Crippen molar-refractivity contribution in [3.05, 3.63) is 77.9 Å². The first-order chi connectivity index (χ1) is 17.4. The third-order valence-electron chi connectivity index (χ3n) is 4.91. The van der Waals surface area contributed by atoms with Gasteiger partial charge in [-0.25, -0.2) is 0 Å². The molecule has 0 heterocycles. The number of para-hydroxylation sites is 4. The van der Waals surface area contributed by atoms with Gasteiger partial charge in [0.15, 0.2) is 11.5 Å². The molecule has 0 bridgehead atoms. The van der Waals surface area contributed by atoms with E-state index < -0.39 is 18.4 Å². The molecule has 10 heteroatoms. The van der Waals surface area contributed by atoms with Crippen molar-refractivity contribution in [3.63, 3.8) is 0 Å². The van der Waals surface area contributed by atoms with Crippen molar-refractivity contribution in [1.29, 1.82) is 0 Å². The zero-order valence-corrected chi connectivity index (χ0v) is 19.7. The number of carbonyl (C=O) groups is 2. The van der Waals surface area contributed by atoms with Gasteiger partial charge in [0.25, 0.3) is 11.8 Å². The topological polar surface area (TPSA) is 95.1 Å². The lowest BCUT2D eigenvalue weighted by molar-refractivity contribution is -0.118. The molecule has 2 N–H and O–H groups in total. The lowest BCUT2D eigenvalue weighted by Crippen LogP contribution is -2.25. The summed E-state index contributed by atoms with van der Waals surface area (Å²) in [4.78, 5) is 26.5. The van der Waals surface area contributed by atoms with Crippen LogP contribution in [-0.2, 0) is 9.59 Å². The Kier molecular flexibility index (Phi) is 8.82. The van der Waals surface area contributed by atoms with Gasteiger partial charge in [-0.05, 0) is 48.0 Å². The molecule has 3 aromatic carbocycles. The smallest absolute Gasteiger partial charge is 0.387 e. The molecule has 188 valence electrons. The number of ether oxygens (including phenoxy) is 4. The fourth-order valence-corrected chi connectivity index (χ4v) is 3.24. The molecule has 0 aliphatic rings. The Hall–Kier alpha value is -4.60. The number of alkyl halides is 2. The number of nitrogens with one attached hydrogen (secondary N) is 2. The number of hydrogen-bond donors (Lipinski definition) is 2. The van der Waals surface area contributed by atoms with Gasteiger partial charge >= 0.3 is 6.61 Å². The Balaban J connectivity index is 2.01. The molecule has 0 radical (unpaired) electrons. The molecule has 0 atom stereocenters. The van der Waals surface area contributed by atoms with E-state index in [1.165, 1.54) is 45.6 Å². The maximum Gasteiger partial charge on any atom is 0.387 e. The summed E-state index contributed by atoms with van der Waals surface area (Å²) in [7, 11) is 4.18. The average Bonchev–Trinajstić information content (AvgIpc) is 2.88. The number of carbonyl (C=O) groups excluding carboxylic acids is 2. The zero-order chi connectivity index (χ0) is 26.1. The van der Waals surface area contributed by atoms with Gasteiger partial charge in [0.2, 0.25) is 0 Å². The van der Waals surface area contributed by atoms with E-state index in [-0.39, 0.29) is 17.1 Å². The van der Waals surface area contributed by atoms with E-state index in [2.05, 4.69) is 15.4 Å². The molecule has 8 nitrogen and oxygen atoms in total. The second-order valence-electron chi connectivity index (χ2n) is 7.16. The number of benzene rings is 3. The van der Waals surface area contributed by atoms with Crippen molar-refractivity contribution >= 4 is 29.3 Å². The molecule has 3 aromatic rings. The van der Waals surface area contributed by atoms with Crippen molar-refractivity contribution < 1.29 is 37.3 Å². The molecule has 2 amide bonds. The normalized spacial score (nSPS) is 10.3. The van der Waals surface area contributed by atoms with Gasteiger partial charge in [-0.15, -0.1) is 0 Å². The molecule has 0 saturated carbocycles. The van der Waals surface area contributed by atoms with Crippen LogP contribution < -0.4 is 29.6 Å². The monoisotopic (exact) mass is 498 g/mol. The third kappa shape index (κ3) is 6.50. The third-order valence-corrected chi connectivity index (χ3v) is 4.91. The van der Waals surface area contributed by atoms with Gasteiger partial charge in [-0.3, -0.25) is 9.59 Å². The van der Waals surface area contributed by atoms with Crippen molar-refractivity contribution in [2.24, 2.45) is 0 Å². The standard InChI is InChI=1S/C26H24F2N2O6/c1-33-20-10-6-4-8-18(20)29-24(31)17(25(32)30-19-9-5-7-11-21(19)34-2)14-16-12-13-22(36-26(27)28)23(15-16)35-3/h4-15,26H,1-3H3,(H,29,31)(H,30,32). The summed E-state index contributed by atoms with van der Waals surface area (Å²) in [5.74, 6) is -0.879. The molecule has 0 aliphatic heterocycles. The molecule has 0 saturated heterocycles. The van der Waals surface area contributed by atoms with Gasteiger partial charge < -0.3 is 29.6 Å². The molecule has 0 unspecified atom stereocenters. The summed E-state index contributed by atoms with van der Waals surface area (Å²) in [5.41, 5.74) is 0.740. The van der Waals surface area contributed by atoms with Crippen LogP contribution in [0.15, 0.2) is 72.3 Å². The van der Waals surface area contributed by atoms with Gasteiger partial charge in [-0.1, -0.05) is 30.3 Å². The minimum Gasteiger partial charge on any atom is -0.495 e. The summed E-state index contributed by atoms with van der Waals surface area (Å²) < 4.78 is 45.4. The Morgan fingerprint density at radius 2 is 1.22 bits per heavy atom. The molecule has 0 aliphatic carbocycles. The van der Waals surface area contributed by atoms with Crippen LogP contribution >= 0.6 is 0 Å². The van der Waals surface area contributed by atoms with Crippen LogP contribution in [0.3, 0.4) is 0 Å². The van der Waals surface area contributed by atoms with Crippen LogP contribution in [0.25, 0.3) is 6.08 Å². The number of methoxy groups -OCH3 is 3. The summed E-state index contributed by atoms with van der Waals surface area (Å²) in [6, 6.07) is 17.4. The number of rotatable bonds is 10. The summed E-state index contributed by atoms with van der Waals surface area (Å²) >= 11 is 0. The van der Waals surface area contributed by atoms with Crippen LogP contribution in [0.1, 0.15) is 5.56 Å². The molecule has 3 rings (SSSR count). The number of anilines is 2. The first kappa shape index (κ1) is 26.0. The first-order valence-electron chi connectivity index (χ1n) is 10.6. The molecule has 0 spiro atoms. The SMILES string of the molecule is COc1ccccc1NC(=O)C(=Cc1ccc(OC(F)F)c(OC)c1)C(=O)Nc1ccccc1OC. The highest BCUT2D eigenvalue weighted by Gasteiger charge is 2.22. The van der Waals surface area contributed by atoms with E-state index in [4.69, 9.17) is 14.2 Å². The largest absolute Gasteiger partial charge is 0.495 e. The highest BCUT2D eigenvalue weighted by Crippen LogP contribution is 2.31. The highest BCUT2D eigenvalue weighted by atomic mass is 19.3. The van der Waals surface area contributed by atoms with Crippen LogP contribution in [-0.4, -0.2) is 39.8 Å². The maximum atomic E-state index is 13.3. The molecule has 0 fully saturated rings. The van der Waals surface area contributed by atoms with Crippen molar-refractivity contribution in [2.45, 2.75) is 6.61 Å². The fourth-order valence-electron chi connectivity index (χ4n) is 3.24. The molecule has 36 heavy (non-hydrogen) atoms. The molecular weight excluding hydrogens is 474 g/mol. The Bertz CT molecular complexity index is 1200. The van der Waals surface area contributed by atoms with E-state index in [9.17, 15) is 18.4 Å². The predicted molar refractivity (Wildman–Crippen MR) is 131 cm³/mol. The molecule has 0 aromatic heterocycles. The molecular formula is C26H24F2N2O6. The quantitative estimate of drug-likeness (QED) is 0.233. The minimum absolute atomic E-state index is 0.00123. The highest BCUT2D eigenvalue weighted by molar-refractivity contribution is 6.29. The summed E-state index contributed by atoms with van der Waals surface area (Å²) in [6.45, 7) is -3.05. The van der Waals surface area contributed by atoms with E-state index in [1.54, 1.807) is 48.5 Å². The van der Waals surface area contributed by atoms with Crippen LogP contribution in [0.4, 0.5) is 20.2 Å². The number of amides is 2. The number of halogens is 2. The minimum atomic E-state index is -3.05. The predicted octanol–water partition coefficient (Wildman–Crippen LogP) is 4.97. The second-order valence-corrected chi connectivity index (χ2v) is 7.16. The maximum absolute atomic E-state index is 13.3. The Morgan fingerprint density at radius 1 is 0.722 bits per heavy atom.